The summed E-state index contributed by atoms with van der Waals surface area (Å²) in [6, 6.07) is 6.32. The molecule has 1 aromatic heterocycles. The fourth-order valence-corrected chi connectivity index (χ4v) is 2.74. The lowest BCUT2D eigenvalue weighted by atomic mass is 10.0. The number of nitrogens with zero attached hydrogens (tertiary/aromatic N) is 2. The van der Waals surface area contributed by atoms with E-state index in [0.29, 0.717) is 25.0 Å². The van der Waals surface area contributed by atoms with Gasteiger partial charge in [0, 0.05) is 44.9 Å². The summed E-state index contributed by atoms with van der Waals surface area (Å²) in [5, 5.41) is 3.13. The monoisotopic (exact) mass is 319 g/mol. The van der Waals surface area contributed by atoms with Crippen molar-refractivity contribution >= 4 is 5.91 Å². The van der Waals surface area contributed by atoms with Gasteiger partial charge >= 0.3 is 0 Å². The molecule has 128 valence electrons. The van der Waals surface area contributed by atoms with Crippen LogP contribution in [0.2, 0.25) is 0 Å². The van der Waals surface area contributed by atoms with Crippen LogP contribution in [0.25, 0.3) is 0 Å². The van der Waals surface area contributed by atoms with E-state index < -0.39 is 0 Å². The Kier molecular flexibility index (Phi) is 7.49. The van der Waals surface area contributed by atoms with Gasteiger partial charge in [0.05, 0.1) is 12.3 Å². The topological polar surface area (TPSA) is 54.5 Å². The van der Waals surface area contributed by atoms with Crippen LogP contribution < -0.4 is 5.32 Å². The van der Waals surface area contributed by atoms with E-state index in [-0.39, 0.29) is 5.91 Å². The molecule has 0 aliphatic carbocycles. The predicted molar refractivity (Wildman–Crippen MR) is 91.0 cm³/mol. The van der Waals surface area contributed by atoms with Crippen LogP contribution in [0.15, 0.2) is 24.4 Å². The first-order chi connectivity index (χ1) is 11.1. The smallest absolute Gasteiger partial charge is 0.222 e. The van der Waals surface area contributed by atoms with Gasteiger partial charge in [0.1, 0.15) is 0 Å². The first kappa shape index (κ1) is 17.9. The fraction of sp³-hybridized carbons (Fsp3) is 0.667. The molecule has 0 saturated carbocycles. The van der Waals surface area contributed by atoms with E-state index >= 15 is 0 Å². The Bertz CT molecular complexity index is 457. The largest absolute Gasteiger partial charge is 0.381 e. The summed E-state index contributed by atoms with van der Waals surface area (Å²) in [6.07, 6.45) is 4.31. The van der Waals surface area contributed by atoms with E-state index in [2.05, 4.69) is 35.1 Å². The first-order valence-electron chi connectivity index (χ1n) is 8.63. The van der Waals surface area contributed by atoms with Gasteiger partial charge in [-0.2, -0.15) is 0 Å². The second-order valence-electron chi connectivity index (χ2n) is 6.66. The molecule has 1 amide bonds. The van der Waals surface area contributed by atoms with Gasteiger partial charge < -0.3 is 10.1 Å². The van der Waals surface area contributed by atoms with Crippen molar-refractivity contribution in [2.45, 2.75) is 45.7 Å². The number of hydrogen-bond donors (Lipinski definition) is 1. The van der Waals surface area contributed by atoms with E-state index in [1.165, 1.54) is 0 Å². The van der Waals surface area contributed by atoms with Gasteiger partial charge in [-0.05, 0) is 30.9 Å². The zero-order valence-corrected chi connectivity index (χ0v) is 14.3. The molecule has 1 N–H and O–H groups in total. The highest BCUT2D eigenvalue weighted by Gasteiger charge is 2.20. The molecule has 0 unspecified atom stereocenters. The Morgan fingerprint density at radius 3 is 2.83 bits per heavy atom. The maximum Gasteiger partial charge on any atom is 0.222 e. The molecule has 1 aromatic rings. The second kappa shape index (κ2) is 9.63. The number of ether oxygens (including phenoxy) is 1. The zero-order valence-electron chi connectivity index (χ0n) is 14.3. The van der Waals surface area contributed by atoms with Crippen LogP contribution in [0.4, 0.5) is 0 Å². The van der Waals surface area contributed by atoms with E-state index in [9.17, 15) is 4.79 Å². The summed E-state index contributed by atoms with van der Waals surface area (Å²) in [4.78, 5) is 18.7. The van der Waals surface area contributed by atoms with E-state index in [0.717, 1.165) is 44.8 Å². The summed E-state index contributed by atoms with van der Waals surface area (Å²) in [6.45, 7) is 8.36. The van der Waals surface area contributed by atoms with Crippen LogP contribution in [0.3, 0.4) is 0 Å². The van der Waals surface area contributed by atoms with Crippen molar-refractivity contribution in [3.63, 3.8) is 0 Å². The van der Waals surface area contributed by atoms with Crippen LogP contribution in [-0.2, 0) is 16.1 Å². The number of rotatable bonds is 8. The van der Waals surface area contributed by atoms with E-state index in [1.54, 1.807) is 0 Å². The van der Waals surface area contributed by atoms with Crippen molar-refractivity contribution in [1.82, 2.24) is 15.2 Å². The molecule has 0 aromatic carbocycles. The molecule has 5 nitrogen and oxygen atoms in total. The van der Waals surface area contributed by atoms with Gasteiger partial charge in [-0.15, -0.1) is 0 Å². The van der Waals surface area contributed by atoms with Gasteiger partial charge in [-0.25, -0.2) is 0 Å². The number of hydrogen-bond acceptors (Lipinski definition) is 4. The third-order valence-corrected chi connectivity index (χ3v) is 3.99. The summed E-state index contributed by atoms with van der Waals surface area (Å²) in [5.74, 6) is 0.624. The number of carbonyl (C=O) groups excluding carboxylic acids is 1. The summed E-state index contributed by atoms with van der Waals surface area (Å²) < 4.78 is 5.46. The van der Waals surface area contributed by atoms with Gasteiger partial charge in [0.15, 0.2) is 0 Å². The number of amides is 1. The maximum atomic E-state index is 11.9. The third-order valence-electron chi connectivity index (χ3n) is 3.99. The van der Waals surface area contributed by atoms with E-state index in [1.807, 2.05) is 18.3 Å². The zero-order chi connectivity index (χ0) is 16.5. The highest BCUT2D eigenvalue weighted by atomic mass is 16.5. The Labute approximate surface area is 139 Å². The highest BCUT2D eigenvalue weighted by Crippen LogP contribution is 2.13. The molecule has 0 radical (unpaired) electrons. The number of nitrogens with one attached hydrogen (secondary N) is 1. The lowest BCUT2D eigenvalue weighted by molar-refractivity contribution is -0.123. The quantitative estimate of drug-likeness (QED) is 0.747. The van der Waals surface area contributed by atoms with Crippen LogP contribution in [0.5, 0.6) is 0 Å². The lowest BCUT2D eigenvalue weighted by Gasteiger charge is -2.32. The Morgan fingerprint density at radius 1 is 1.39 bits per heavy atom. The van der Waals surface area contributed by atoms with Crippen molar-refractivity contribution in [1.29, 1.82) is 0 Å². The highest BCUT2D eigenvalue weighted by molar-refractivity contribution is 5.76. The van der Waals surface area contributed by atoms with Gasteiger partial charge in [-0.3, -0.25) is 14.7 Å². The summed E-state index contributed by atoms with van der Waals surface area (Å²) in [5.41, 5.74) is 1.11. The van der Waals surface area contributed by atoms with Crippen molar-refractivity contribution in [2.75, 3.05) is 26.3 Å². The lowest BCUT2D eigenvalue weighted by Crippen LogP contribution is -2.44. The number of likely N-dealkylation sites (tertiary alicyclic amines) is 1. The van der Waals surface area contributed by atoms with Gasteiger partial charge in [0.25, 0.3) is 0 Å². The molecular formula is C18H29N3O2. The Morgan fingerprint density at radius 2 is 2.17 bits per heavy atom. The molecule has 1 aliphatic rings. The molecule has 1 fully saturated rings. The number of pyridine rings is 1. The molecule has 0 spiro atoms. The molecular weight excluding hydrogens is 290 g/mol. The van der Waals surface area contributed by atoms with E-state index in [4.69, 9.17) is 4.74 Å². The Balaban J connectivity index is 1.60. The minimum atomic E-state index is 0.108. The normalized spacial score (nSPS) is 16.7. The van der Waals surface area contributed by atoms with Gasteiger partial charge in [-0.1, -0.05) is 19.9 Å². The number of piperidine rings is 1. The summed E-state index contributed by atoms with van der Waals surface area (Å²) >= 11 is 0. The molecule has 0 atom stereocenters. The van der Waals surface area contributed by atoms with Crippen molar-refractivity contribution in [3.05, 3.63) is 30.1 Å². The molecule has 0 bridgehead atoms. The van der Waals surface area contributed by atoms with Crippen LogP contribution in [-0.4, -0.2) is 48.1 Å². The fourth-order valence-electron chi connectivity index (χ4n) is 2.74. The SMILES string of the molecule is CC(C)COCCC(=O)NC1CCN(Cc2ccccn2)CC1. The Hall–Kier alpha value is -1.46. The average Bonchev–Trinajstić information content (AvgIpc) is 2.54. The van der Waals surface area contributed by atoms with Gasteiger partial charge in [0.2, 0.25) is 5.91 Å². The number of aromatic nitrogens is 1. The molecule has 2 rings (SSSR count). The van der Waals surface area contributed by atoms with Crippen molar-refractivity contribution in [3.8, 4) is 0 Å². The second-order valence-corrected chi connectivity index (χ2v) is 6.66. The summed E-state index contributed by atoms with van der Waals surface area (Å²) in [7, 11) is 0. The minimum Gasteiger partial charge on any atom is -0.381 e. The van der Waals surface area contributed by atoms with Crippen LogP contribution in [0.1, 0.15) is 38.8 Å². The molecule has 1 saturated heterocycles. The molecule has 2 heterocycles. The molecule has 23 heavy (non-hydrogen) atoms. The van der Waals surface area contributed by atoms with Crippen molar-refractivity contribution < 1.29 is 9.53 Å². The third kappa shape index (κ3) is 7.10. The number of carbonyl (C=O) groups is 1. The average molecular weight is 319 g/mol. The van der Waals surface area contributed by atoms with Crippen LogP contribution >= 0.6 is 0 Å². The van der Waals surface area contributed by atoms with Crippen molar-refractivity contribution in [2.24, 2.45) is 5.92 Å². The first-order valence-corrected chi connectivity index (χ1v) is 8.63. The minimum absolute atomic E-state index is 0.108. The van der Waals surface area contributed by atoms with Crippen LogP contribution in [0, 0.1) is 5.92 Å². The maximum absolute atomic E-state index is 11.9. The molecule has 1 aliphatic heterocycles. The standard InChI is InChI=1S/C18H29N3O2/c1-15(2)14-23-12-8-18(22)20-16-6-10-21(11-7-16)13-17-5-3-4-9-19-17/h3-5,9,15-16H,6-8,10-14H2,1-2H3,(H,20,22). The predicted octanol–water partition coefficient (Wildman–Crippen LogP) is 2.22. The molecule has 5 heteroatoms.